The molecule has 3 aromatic rings. The maximum absolute atomic E-state index is 12.0. The fraction of sp³-hybridized carbons (Fsp3) is 0.0667. The number of hydrogen-bond donors (Lipinski definition) is 0. The Kier molecular flexibility index (Phi) is 4.20. The standard InChI is InChI=1S/C15H9Cl2NO3S/c16-9-5-6-12(10(17)7-9)21-14(19)8-18-11-3-1-2-4-13(11)22-15(18)20/h1-7H,8H2. The Hall–Kier alpha value is -1.82. The van der Waals surface area contributed by atoms with Crippen LogP contribution in [-0.4, -0.2) is 10.5 Å². The predicted octanol–water partition coefficient (Wildman–Crippen LogP) is 3.98. The van der Waals surface area contributed by atoms with Gasteiger partial charge in [-0.2, -0.15) is 0 Å². The molecule has 0 N–H and O–H groups in total. The summed E-state index contributed by atoms with van der Waals surface area (Å²) in [4.78, 5) is 23.8. The van der Waals surface area contributed by atoms with Crippen molar-refractivity contribution < 1.29 is 9.53 Å². The van der Waals surface area contributed by atoms with Gasteiger partial charge in [-0.1, -0.05) is 46.7 Å². The summed E-state index contributed by atoms with van der Waals surface area (Å²) in [7, 11) is 0. The first-order valence-electron chi connectivity index (χ1n) is 6.29. The lowest BCUT2D eigenvalue weighted by Gasteiger charge is -2.07. The Bertz CT molecular complexity index is 917. The molecule has 0 radical (unpaired) electrons. The van der Waals surface area contributed by atoms with Crippen molar-refractivity contribution in [3.05, 3.63) is 62.2 Å². The smallest absolute Gasteiger partial charge is 0.331 e. The lowest BCUT2D eigenvalue weighted by molar-refractivity contribution is -0.135. The number of hydrogen-bond acceptors (Lipinski definition) is 4. The molecule has 0 aliphatic heterocycles. The first kappa shape index (κ1) is 15.1. The molecule has 0 bridgehead atoms. The van der Waals surface area contributed by atoms with Gasteiger partial charge in [0, 0.05) is 5.02 Å². The highest BCUT2D eigenvalue weighted by Gasteiger charge is 2.14. The van der Waals surface area contributed by atoms with Crippen molar-refractivity contribution in [2.75, 3.05) is 0 Å². The molecule has 0 aliphatic rings. The third-order valence-corrected chi connectivity index (χ3v) is 4.47. The zero-order chi connectivity index (χ0) is 15.7. The Balaban J connectivity index is 1.84. The molecule has 1 heterocycles. The van der Waals surface area contributed by atoms with Gasteiger partial charge in [-0.15, -0.1) is 0 Å². The largest absolute Gasteiger partial charge is 0.424 e. The number of nitrogens with zero attached hydrogens (tertiary/aromatic N) is 1. The summed E-state index contributed by atoms with van der Waals surface area (Å²) in [6.45, 7) is -0.179. The molecule has 0 unspecified atom stereocenters. The summed E-state index contributed by atoms with van der Waals surface area (Å²) in [5.74, 6) is -0.362. The molecule has 0 fully saturated rings. The summed E-state index contributed by atoms with van der Waals surface area (Å²) in [5, 5.41) is 0.688. The highest BCUT2D eigenvalue weighted by atomic mass is 35.5. The molecule has 3 rings (SSSR count). The van der Waals surface area contributed by atoms with Crippen LogP contribution in [0.15, 0.2) is 47.3 Å². The summed E-state index contributed by atoms with van der Waals surface area (Å²) >= 11 is 12.8. The number of thiazole rings is 1. The summed E-state index contributed by atoms with van der Waals surface area (Å²) in [6, 6.07) is 11.8. The number of ether oxygens (including phenoxy) is 1. The van der Waals surface area contributed by atoms with Crippen LogP contribution < -0.4 is 9.61 Å². The van der Waals surface area contributed by atoms with Crippen LogP contribution in [0.2, 0.25) is 10.0 Å². The minimum Gasteiger partial charge on any atom is -0.424 e. The normalized spacial score (nSPS) is 10.8. The van der Waals surface area contributed by atoms with E-state index in [9.17, 15) is 9.59 Å². The third-order valence-electron chi connectivity index (χ3n) is 2.98. The zero-order valence-electron chi connectivity index (χ0n) is 11.1. The van der Waals surface area contributed by atoms with Crippen molar-refractivity contribution in [1.29, 1.82) is 0 Å². The molecule has 0 aliphatic carbocycles. The predicted molar refractivity (Wildman–Crippen MR) is 88.2 cm³/mol. The van der Waals surface area contributed by atoms with E-state index < -0.39 is 5.97 Å². The number of fused-ring (bicyclic) bond motifs is 1. The Morgan fingerprint density at radius 3 is 2.73 bits per heavy atom. The van der Waals surface area contributed by atoms with Crippen LogP contribution in [0.5, 0.6) is 5.75 Å². The average Bonchev–Trinajstić information content (AvgIpc) is 2.78. The molecule has 1 aromatic heterocycles. The number of aromatic nitrogens is 1. The number of carbonyl (C=O) groups is 1. The monoisotopic (exact) mass is 353 g/mol. The Morgan fingerprint density at radius 1 is 1.18 bits per heavy atom. The maximum atomic E-state index is 12.0. The van der Waals surface area contributed by atoms with Gasteiger partial charge in [-0.25, -0.2) is 4.79 Å². The molecule has 0 saturated carbocycles. The van der Waals surface area contributed by atoms with Crippen LogP contribution in [0.25, 0.3) is 10.2 Å². The second kappa shape index (κ2) is 6.12. The molecule has 0 saturated heterocycles. The van der Waals surface area contributed by atoms with Gasteiger partial charge < -0.3 is 4.74 Å². The van der Waals surface area contributed by atoms with Crippen LogP contribution in [0.3, 0.4) is 0 Å². The first-order valence-corrected chi connectivity index (χ1v) is 7.86. The highest BCUT2D eigenvalue weighted by molar-refractivity contribution is 7.16. The molecule has 7 heteroatoms. The average molecular weight is 354 g/mol. The minimum absolute atomic E-state index is 0.179. The quantitative estimate of drug-likeness (QED) is 0.528. The van der Waals surface area contributed by atoms with Crippen molar-refractivity contribution in [3.63, 3.8) is 0 Å². The van der Waals surface area contributed by atoms with E-state index >= 15 is 0 Å². The third kappa shape index (κ3) is 3.02. The minimum atomic E-state index is -0.574. The first-order chi connectivity index (χ1) is 10.5. The van der Waals surface area contributed by atoms with E-state index in [-0.39, 0.29) is 22.2 Å². The van der Waals surface area contributed by atoms with Crippen LogP contribution >= 0.6 is 34.5 Å². The SMILES string of the molecule is O=C(Cn1c(=O)sc2ccccc21)Oc1ccc(Cl)cc1Cl. The Morgan fingerprint density at radius 2 is 1.95 bits per heavy atom. The molecular formula is C15H9Cl2NO3S. The molecule has 4 nitrogen and oxygen atoms in total. The van der Waals surface area contributed by atoms with E-state index in [2.05, 4.69) is 0 Å². The molecule has 0 amide bonds. The van der Waals surface area contributed by atoms with Crippen molar-refractivity contribution in [2.45, 2.75) is 6.54 Å². The van der Waals surface area contributed by atoms with Crippen LogP contribution in [-0.2, 0) is 11.3 Å². The van der Waals surface area contributed by atoms with Gasteiger partial charge in [0.1, 0.15) is 12.3 Å². The number of halogens is 2. The van der Waals surface area contributed by atoms with E-state index in [0.29, 0.717) is 10.5 Å². The number of para-hydroxylation sites is 1. The van der Waals surface area contributed by atoms with E-state index in [1.807, 2.05) is 18.2 Å². The van der Waals surface area contributed by atoms with Crippen LogP contribution in [0.1, 0.15) is 0 Å². The molecule has 112 valence electrons. The number of rotatable bonds is 3. The lowest BCUT2D eigenvalue weighted by Crippen LogP contribution is -2.22. The molecule has 2 aromatic carbocycles. The van der Waals surface area contributed by atoms with Gasteiger partial charge in [-0.05, 0) is 30.3 Å². The van der Waals surface area contributed by atoms with Gasteiger partial charge in [0.05, 0.1) is 15.2 Å². The lowest BCUT2D eigenvalue weighted by atomic mass is 10.3. The van der Waals surface area contributed by atoms with E-state index in [0.717, 1.165) is 16.0 Å². The number of benzene rings is 2. The van der Waals surface area contributed by atoms with Gasteiger partial charge in [-0.3, -0.25) is 9.36 Å². The number of esters is 1. The highest BCUT2D eigenvalue weighted by Crippen LogP contribution is 2.27. The van der Waals surface area contributed by atoms with Crippen molar-refractivity contribution in [3.8, 4) is 5.75 Å². The van der Waals surface area contributed by atoms with Gasteiger partial charge >= 0.3 is 10.8 Å². The van der Waals surface area contributed by atoms with E-state index in [4.69, 9.17) is 27.9 Å². The number of carbonyl (C=O) groups excluding carboxylic acids is 1. The summed E-state index contributed by atoms with van der Waals surface area (Å²) in [5.41, 5.74) is 0.705. The van der Waals surface area contributed by atoms with Crippen LogP contribution in [0, 0.1) is 0 Å². The second-order valence-corrected chi connectivity index (χ2v) is 6.31. The van der Waals surface area contributed by atoms with E-state index in [1.165, 1.54) is 16.7 Å². The van der Waals surface area contributed by atoms with Gasteiger partial charge in [0.25, 0.3) is 0 Å². The summed E-state index contributed by atoms with van der Waals surface area (Å²) < 4.78 is 7.40. The van der Waals surface area contributed by atoms with Crippen molar-refractivity contribution >= 4 is 50.7 Å². The second-order valence-electron chi connectivity index (χ2n) is 4.47. The van der Waals surface area contributed by atoms with Gasteiger partial charge in [0.2, 0.25) is 0 Å². The molecule has 0 atom stereocenters. The van der Waals surface area contributed by atoms with Crippen molar-refractivity contribution in [2.24, 2.45) is 0 Å². The van der Waals surface area contributed by atoms with Gasteiger partial charge in [0.15, 0.2) is 0 Å². The zero-order valence-corrected chi connectivity index (χ0v) is 13.4. The fourth-order valence-corrected chi connectivity index (χ4v) is 3.34. The molecule has 0 spiro atoms. The van der Waals surface area contributed by atoms with E-state index in [1.54, 1.807) is 12.1 Å². The topological polar surface area (TPSA) is 48.3 Å². The Labute approximate surface area is 139 Å². The van der Waals surface area contributed by atoms with Crippen LogP contribution in [0.4, 0.5) is 0 Å². The molecular weight excluding hydrogens is 345 g/mol. The summed E-state index contributed by atoms with van der Waals surface area (Å²) in [6.07, 6.45) is 0. The molecule has 22 heavy (non-hydrogen) atoms. The maximum Gasteiger partial charge on any atom is 0.331 e. The van der Waals surface area contributed by atoms with Crippen molar-refractivity contribution in [1.82, 2.24) is 4.57 Å². The fourth-order valence-electron chi connectivity index (χ4n) is 2.01.